The zero-order valence-corrected chi connectivity index (χ0v) is 12.0. The summed E-state index contributed by atoms with van der Waals surface area (Å²) in [6.45, 7) is 1.34. The third-order valence-corrected chi connectivity index (χ3v) is 4.81. The standard InChI is InChI=1S/C11H13F3N2O2S.ClH/c12-8-6-9(13)11(10(14)7-8)19(17,18)16-4-1-2-15-3-5-16;/h6-7,15H,1-5H2;1H. The fourth-order valence-electron chi connectivity index (χ4n) is 1.97. The van der Waals surface area contributed by atoms with Crippen LogP contribution in [0.3, 0.4) is 0 Å². The molecule has 0 radical (unpaired) electrons. The molecule has 1 heterocycles. The van der Waals surface area contributed by atoms with Crippen LogP contribution in [0.15, 0.2) is 17.0 Å². The Labute approximate surface area is 121 Å². The lowest BCUT2D eigenvalue weighted by atomic mass is 10.3. The Kier molecular flexibility index (Phi) is 5.81. The quantitative estimate of drug-likeness (QED) is 0.894. The third-order valence-electron chi connectivity index (χ3n) is 2.86. The first kappa shape index (κ1) is 17.2. The summed E-state index contributed by atoms with van der Waals surface area (Å²) < 4.78 is 65.3. The van der Waals surface area contributed by atoms with Gasteiger partial charge in [0, 0.05) is 31.8 Å². The second-order valence-corrected chi connectivity index (χ2v) is 6.08. The molecule has 0 amide bonds. The van der Waals surface area contributed by atoms with E-state index in [4.69, 9.17) is 0 Å². The molecule has 0 atom stereocenters. The van der Waals surface area contributed by atoms with Gasteiger partial charge in [-0.25, -0.2) is 21.6 Å². The van der Waals surface area contributed by atoms with E-state index < -0.39 is 32.4 Å². The number of benzene rings is 1. The zero-order chi connectivity index (χ0) is 14.0. The van der Waals surface area contributed by atoms with Gasteiger partial charge in [-0.15, -0.1) is 12.4 Å². The molecular weight excluding hydrogens is 317 g/mol. The van der Waals surface area contributed by atoms with Gasteiger partial charge < -0.3 is 5.32 Å². The normalized spacial score (nSPS) is 17.4. The van der Waals surface area contributed by atoms with Gasteiger partial charge in [-0.05, 0) is 13.0 Å². The third kappa shape index (κ3) is 3.43. The Morgan fingerprint density at radius 1 is 1.05 bits per heavy atom. The van der Waals surface area contributed by atoms with Gasteiger partial charge in [0.1, 0.15) is 17.5 Å². The van der Waals surface area contributed by atoms with Crippen molar-refractivity contribution in [1.29, 1.82) is 0 Å². The molecule has 1 aromatic carbocycles. The highest BCUT2D eigenvalue weighted by Crippen LogP contribution is 2.24. The van der Waals surface area contributed by atoms with E-state index in [1.807, 2.05) is 0 Å². The number of halogens is 4. The lowest BCUT2D eigenvalue weighted by molar-refractivity contribution is 0.418. The van der Waals surface area contributed by atoms with Crippen LogP contribution in [0.25, 0.3) is 0 Å². The number of hydrogen-bond donors (Lipinski definition) is 1. The second-order valence-electron chi connectivity index (χ2n) is 4.21. The maximum atomic E-state index is 13.6. The summed E-state index contributed by atoms with van der Waals surface area (Å²) in [6.07, 6.45) is 0.545. The number of hydrogen-bond acceptors (Lipinski definition) is 3. The van der Waals surface area contributed by atoms with Gasteiger partial charge in [0.2, 0.25) is 10.0 Å². The van der Waals surface area contributed by atoms with Gasteiger partial charge in [-0.1, -0.05) is 0 Å². The molecule has 0 unspecified atom stereocenters. The Morgan fingerprint density at radius 3 is 2.25 bits per heavy atom. The van der Waals surface area contributed by atoms with E-state index in [-0.39, 0.29) is 25.5 Å². The van der Waals surface area contributed by atoms with Gasteiger partial charge >= 0.3 is 0 Å². The first-order valence-electron chi connectivity index (χ1n) is 5.78. The van der Waals surface area contributed by atoms with Gasteiger partial charge in [-0.2, -0.15) is 4.31 Å². The zero-order valence-electron chi connectivity index (χ0n) is 10.4. The SMILES string of the molecule is Cl.O=S(=O)(c1c(F)cc(F)cc1F)N1CCCNCC1. The Balaban J connectivity index is 0.00000200. The first-order chi connectivity index (χ1) is 8.93. The van der Waals surface area contributed by atoms with Crippen LogP contribution in [-0.4, -0.2) is 38.9 Å². The van der Waals surface area contributed by atoms with Crippen molar-refractivity contribution in [1.82, 2.24) is 9.62 Å². The van der Waals surface area contributed by atoms with Gasteiger partial charge in [0.05, 0.1) is 0 Å². The van der Waals surface area contributed by atoms with Crippen LogP contribution >= 0.6 is 12.4 Å². The molecule has 4 nitrogen and oxygen atoms in total. The Bertz CT molecular complexity index is 552. The number of rotatable bonds is 2. The van der Waals surface area contributed by atoms with E-state index in [0.29, 0.717) is 31.6 Å². The molecule has 1 aliphatic rings. The predicted octanol–water partition coefficient (Wildman–Crippen LogP) is 1.51. The lowest BCUT2D eigenvalue weighted by Gasteiger charge is -2.20. The molecule has 1 N–H and O–H groups in total. The van der Waals surface area contributed by atoms with Crippen molar-refractivity contribution < 1.29 is 21.6 Å². The van der Waals surface area contributed by atoms with Crippen molar-refractivity contribution in [2.75, 3.05) is 26.2 Å². The van der Waals surface area contributed by atoms with Crippen molar-refractivity contribution in [3.8, 4) is 0 Å². The van der Waals surface area contributed by atoms with E-state index in [1.165, 1.54) is 0 Å². The van der Waals surface area contributed by atoms with E-state index in [2.05, 4.69) is 5.32 Å². The lowest BCUT2D eigenvalue weighted by Crippen LogP contribution is -2.35. The van der Waals surface area contributed by atoms with Gasteiger partial charge in [0.25, 0.3) is 0 Å². The van der Waals surface area contributed by atoms with E-state index in [1.54, 1.807) is 0 Å². The number of nitrogens with one attached hydrogen (secondary N) is 1. The molecule has 0 bridgehead atoms. The van der Waals surface area contributed by atoms with Crippen LogP contribution in [0.4, 0.5) is 13.2 Å². The molecule has 1 saturated heterocycles. The van der Waals surface area contributed by atoms with E-state index in [0.717, 1.165) is 4.31 Å². The highest BCUT2D eigenvalue weighted by Gasteiger charge is 2.31. The van der Waals surface area contributed by atoms with Crippen molar-refractivity contribution in [2.45, 2.75) is 11.3 Å². The van der Waals surface area contributed by atoms with Crippen molar-refractivity contribution in [3.63, 3.8) is 0 Å². The predicted molar refractivity (Wildman–Crippen MR) is 69.8 cm³/mol. The monoisotopic (exact) mass is 330 g/mol. The molecule has 0 spiro atoms. The summed E-state index contributed by atoms with van der Waals surface area (Å²) in [5.74, 6) is -3.96. The summed E-state index contributed by atoms with van der Waals surface area (Å²) >= 11 is 0. The van der Waals surface area contributed by atoms with Crippen molar-refractivity contribution in [3.05, 3.63) is 29.6 Å². The molecular formula is C11H14ClF3N2O2S. The fourth-order valence-corrected chi connectivity index (χ4v) is 3.54. The van der Waals surface area contributed by atoms with Crippen LogP contribution in [0.5, 0.6) is 0 Å². The minimum absolute atomic E-state index is 0. The first-order valence-corrected chi connectivity index (χ1v) is 7.22. The summed E-state index contributed by atoms with van der Waals surface area (Å²) in [7, 11) is -4.29. The molecule has 0 saturated carbocycles. The van der Waals surface area contributed by atoms with E-state index >= 15 is 0 Å². The summed E-state index contributed by atoms with van der Waals surface area (Å²) in [6, 6.07) is 0.734. The largest absolute Gasteiger partial charge is 0.315 e. The van der Waals surface area contributed by atoms with Crippen molar-refractivity contribution in [2.24, 2.45) is 0 Å². The van der Waals surface area contributed by atoms with Gasteiger partial charge in [0.15, 0.2) is 4.90 Å². The summed E-state index contributed by atoms with van der Waals surface area (Å²) in [5, 5.41) is 2.99. The minimum Gasteiger partial charge on any atom is -0.315 e. The number of sulfonamides is 1. The molecule has 1 fully saturated rings. The highest BCUT2D eigenvalue weighted by atomic mass is 35.5. The summed E-state index contributed by atoms with van der Waals surface area (Å²) in [4.78, 5) is -1.09. The second kappa shape index (κ2) is 6.75. The minimum atomic E-state index is -4.29. The van der Waals surface area contributed by atoms with Crippen LogP contribution in [0.1, 0.15) is 6.42 Å². The fraction of sp³-hybridized carbons (Fsp3) is 0.455. The van der Waals surface area contributed by atoms with Crippen molar-refractivity contribution >= 4 is 22.4 Å². The van der Waals surface area contributed by atoms with E-state index in [9.17, 15) is 21.6 Å². The Morgan fingerprint density at radius 2 is 1.65 bits per heavy atom. The Hall–Kier alpha value is -0.830. The van der Waals surface area contributed by atoms with Crippen LogP contribution in [0, 0.1) is 17.5 Å². The highest BCUT2D eigenvalue weighted by molar-refractivity contribution is 7.89. The molecule has 9 heteroatoms. The summed E-state index contributed by atoms with van der Waals surface area (Å²) in [5.41, 5.74) is 0. The molecule has 1 aromatic rings. The van der Waals surface area contributed by atoms with Crippen LogP contribution in [-0.2, 0) is 10.0 Å². The van der Waals surface area contributed by atoms with Gasteiger partial charge in [-0.3, -0.25) is 0 Å². The molecule has 0 aliphatic carbocycles. The topological polar surface area (TPSA) is 49.4 Å². The smallest absolute Gasteiger partial charge is 0.248 e. The average Bonchev–Trinajstić information content (AvgIpc) is 2.55. The maximum Gasteiger partial charge on any atom is 0.248 e. The molecule has 1 aliphatic heterocycles. The van der Waals surface area contributed by atoms with Crippen LogP contribution in [0.2, 0.25) is 0 Å². The average molecular weight is 331 g/mol. The molecule has 20 heavy (non-hydrogen) atoms. The van der Waals surface area contributed by atoms with Crippen LogP contribution < -0.4 is 5.32 Å². The molecule has 2 rings (SSSR count). The molecule has 0 aromatic heterocycles. The maximum absolute atomic E-state index is 13.6. The molecule has 114 valence electrons. The number of nitrogens with zero attached hydrogens (tertiary/aromatic N) is 1.